The molecule has 0 atom stereocenters. The molecule has 0 unspecified atom stereocenters. The Morgan fingerprint density at radius 3 is 2.38 bits per heavy atom. The maximum Gasteiger partial charge on any atom is 0.251 e. The third-order valence-corrected chi connectivity index (χ3v) is 6.98. The summed E-state index contributed by atoms with van der Waals surface area (Å²) in [5.41, 5.74) is 6.99. The average molecular weight is 499 g/mol. The first-order valence-electron chi connectivity index (χ1n) is 12.9. The number of carbonyl (C=O) groups is 1. The molecular weight excluding hydrogens is 464 g/mol. The molecule has 192 valence electrons. The smallest absolute Gasteiger partial charge is 0.251 e. The van der Waals surface area contributed by atoms with Gasteiger partial charge in [0, 0.05) is 18.3 Å². The van der Waals surface area contributed by atoms with Gasteiger partial charge in [0.1, 0.15) is 18.4 Å². The van der Waals surface area contributed by atoms with E-state index in [2.05, 4.69) is 61.8 Å². The van der Waals surface area contributed by atoms with Crippen molar-refractivity contribution in [1.29, 1.82) is 5.26 Å². The number of hydrogen-bond acceptors (Lipinski definition) is 7. The standard InChI is InChI=1S/C29H34N6O2/c1-7-10-14-23-28(27-20(8-2)12-11-13-21(27)9-3)22(15-30)26(18(4)31-23)29-33-32-24(37-29)16-35-19(5)34(6)17-25(35)36/h11-13H,5,7-10,14,16-17H2,1-4,6H3. The summed E-state index contributed by atoms with van der Waals surface area (Å²) in [6.45, 7) is 12.7. The van der Waals surface area contributed by atoms with Crippen molar-refractivity contribution in [2.24, 2.45) is 0 Å². The van der Waals surface area contributed by atoms with Gasteiger partial charge in [0.05, 0.1) is 23.4 Å². The van der Waals surface area contributed by atoms with Crippen molar-refractivity contribution < 1.29 is 9.21 Å². The lowest BCUT2D eigenvalue weighted by molar-refractivity contribution is -0.126. The summed E-state index contributed by atoms with van der Waals surface area (Å²) in [5, 5.41) is 19.0. The van der Waals surface area contributed by atoms with E-state index in [1.807, 2.05) is 14.0 Å². The zero-order chi connectivity index (χ0) is 26.7. The quantitative estimate of drug-likeness (QED) is 0.400. The number of amides is 1. The minimum atomic E-state index is -0.0753. The fourth-order valence-electron chi connectivity index (χ4n) is 4.96. The van der Waals surface area contributed by atoms with Crippen molar-refractivity contribution in [3.63, 3.8) is 0 Å². The molecule has 2 aromatic heterocycles. The van der Waals surface area contributed by atoms with Gasteiger partial charge in [0.25, 0.3) is 5.89 Å². The fourth-order valence-corrected chi connectivity index (χ4v) is 4.96. The number of hydrogen-bond donors (Lipinski definition) is 0. The van der Waals surface area contributed by atoms with E-state index in [9.17, 15) is 10.1 Å². The Bertz CT molecular complexity index is 1360. The summed E-state index contributed by atoms with van der Waals surface area (Å²) in [4.78, 5) is 20.7. The second-order valence-corrected chi connectivity index (χ2v) is 9.40. The lowest BCUT2D eigenvalue weighted by Crippen LogP contribution is -2.24. The van der Waals surface area contributed by atoms with Crippen LogP contribution in [-0.2, 0) is 30.6 Å². The van der Waals surface area contributed by atoms with Crippen molar-refractivity contribution in [2.45, 2.75) is 66.3 Å². The molecule has 1 fully saturated rings. The van der Waals surface area contributed by atoms with Crippen LogP contribution in [0.3, 0.4) is 0 Å². The lowest BCUT2D eigenvalue weighted by atomic mass is 9.85. The Kier molecular flexibility index (Phi) is 7.72. The number of rotatable bonds is 9. The predicted molar refractivity (Wildman–Crippen MR) is 142 cm³/mol. The largest absolute Gasteiger partial charge is 0.419 e. The molecule has 8 heteroatoms. The third kappa shape index (κ3) is 4.86. The monoisotopic (exact) mass is 498 g/mol. The fraction of sp³-hybridized carbons (Fsp3) is 0.414. The normalized spacial score (nSPS) is 13.5. The number of pyridine rings is 1. The Hall–Kier alpha value is -3.99. The molecule has 1 saturated heterocycles. The topological polar surface area (TPSA) is 99.2 Å². The lowest BCUT2D eigenvalue weighted by Gasteiger charge is -2.20. The highest BCUT2D eigenvalue weighted by Gasteiger charge is 2.31. The summed E-state index contributed by atoms with van der Waals surface area (Å²) in [7, 11) is 1.81. The average Bonchev–Trinajstić information content (AvgIpc) is 3.45. The Morgan fingerprint density at radius 1 is 1.11 bits per heavy atom. The zero-order valence-electron chi connectivity index (χ0n) is 22.4. The van der Waals surface area contributed by atoms with Crippen LogP contribution in [0, 0.1) is 18.3 Å². The molecule has 0 aliphatic carbocycles. The van der Waals surface area contributed by atoms with E-state index in [-0.39, 0.29) is 30.8 Å². The first-order chi connectivity index (χ1) is 17.8. The Labute approximate surface area is 218 Å². The molecule has 4 rings (SSSR count). The van der Waals surface area contributed by atoms with E-state index in [0.29, 0.717) is 22.6 Å². The number of nitriles is 1. The molecule has 3 aromatic rings. The highest BCUT2D eigenvalue weighted by Crippen LogP contribution is 2.39. The number of aromatic nitrogens is 3. The maximum absolute atomic E-state index is 12.4. The second-order valence-electron chi connectivity index (χ2n) is 9.40. The molecule has 1 aliphatic heterocycles. The molecule has 0 spiro atoms. The molecule has 37 heavy (non-hydrogen) atoms. The van der Waals surface area contributed by atoms with Crippen LogP contribution in [0.5, 0.6) is 0 Å². The second kappa shape index (κ2) is 11.0. The molecule has 0 bridgehead atoms. The number of unbranched alkanes of at least 4 members (excludes halogenated alkanes) is 1. The first-order valence-corrected chi connectivity index (χ1v) is 12.9. The van der Waals surface area contributed by atoms with E-state index in [1.165, 1.54) is 16.0 Å². The molecular formula is C29H34N6O2. The van der Waals surface area contributed by atoms with Crippen molar-refractivity contribution >= 4 is 5.91 Å². The minimum absolute atomic E-state index is 0.0753. The van der Waals surface area contributed by atoms with Crippen LogP contribution in [0.25, 0.3) is 22.6 Å². The van der Waals surface area contributed by atoms with E-state index in [4.69, 9.17) is 9.40 Å². The van der Waals surface area contributed by atoms with Crippen LogP contribution in [0.15, 0.2) is 35.0 Å². The van der Waals surface area contributed by atoms with Gasteiger partial charge in [-0.15, -0.1) is 10.2 Å². The summed E-state index contributed by atoms with van der Waals surface area (Å²) < 4.78 is 6.05. The number of likely N-dealkylation sites (N-methyl/N-ethyl adjacent to an activating group) is 1. The van der Waals surface area contributed by atoms with E-state index in [0.717, 1.165) is 48.9 Å². The molecule has 1 aromatic carbocycles. The van der Waals surface area contributed by atoms with E-state index in [1.54, 1.807) is 4.90 Å². The van der Waals surface area contributed by atoms with Gasteiger partial charge in [-0.3, -0.25) is 14.7 Å². The molecule has 0 saturated carbocycles. The SMILES string of the molecule is C=C1N(C)CC(=O)N1Cc1nnc(-c2c(C)nc(CCCC)c(-c3c(CC)cccc3CC)c2C#N)o1. The molecule has 8 nitrogen and oxygen atoms in total. The van der Waals surface area contributed by atoms with Gasteiger partial charge in [-0.05, 0) is 49.3 Å². The number of nitrogens with zero attached hydrogens (tertiary/aromatic N) is 6. The zero-order valence-corrected chi connectivity index (χ0v) is 22.4. The van der Waals surface area contributed by atoms with Gasteiger partial charge in [0.15, 0.2) is 0 Å². The van der Waals surface area contributed by atoms with Gasteiger partial charge >= 0.3 is 0 Å². The summed E-state index contributed by atoms with van der Waals surface area (Å²) >= 11 is 0. The van der Waals surface area contributed by atoms with E-state index >= 15 is 0 Å². The van der Waals surface area contributed by atoms with Crippen LogP contribution in [0.2, 0.25) is 0 Å². The third-order valence-electron chi connectivity index (χ3n) is 6.98. The van der Waals surface area contributed by atoms with Crippen LogP contribution in [-0.4, -0.2) is 44.5 Å². The van der Waals surface area contributed by atoms with Gasteiger partial charge in [-0.25, -0.2) is 0 Å². The molecule has 0 radical (unpaired) electrons. The van der Waals surface area contributed by atoms with Crippen LogP contribution in [0.4, 0.5) is 0 Å². The van der Waals surface area contributed by atoms with Gasteiger partial charge in [-0.1, -0.05) is 52.0 Å². The highest BCUT2D eigenvalue weighted by atomic mass is 16.4. The van der Waals surface area contributed by atoms with Crippen molar-refractivity contribution in [2.75, 3.05) is 13.6 Å². The van der Waals surface area contributed by atoms with Crippen LogP contribution in [0.1, 0.15) is 67.6 Å². The van der Waals surface area contributed by atoms with Gasteiger partial charge in [0.2, 0.25) is 11.8 Å². The molecule has 3 heterocycles. The van der Waals surface area contributed by atoms with Crippen LogP contribution >= 0.6 is 0 Å². The minimum Gasteiger partial charge on any atom is -0.419 e. The summed E-state index contributed by atoms with van der Waals surface area (Å²) in [6.07, 6.45) is 4.48. The molecule has 1 aliphatic rings. The van der Waals surface area contributed by atoms with Crippen LogP contribution < -0.4 is 0 Å². The molecule has 0 N–H and O–H groups in total. The van der Waals surface area contributed by atoms with Crippen molar-refractivity contribution in [1.82, 2.24) is 25.0 Å². The van der Waals surface area contributed by atoms with Crippen molar-refractivity contribution in [3.8, 4) is 28.7 Å². The van der Waals surface area contributed by atoms with Crippen molar-refractivity contribution in [3.05, 3.63) is 64.6 Å². The number of benzene rings is 1. The summed E-state index contributed by atoms with van der Waals surface area (Å²) in [6, 6.07) is 8.80. The first kappa shape index (κ1) is 26.1. The Morgan fingerprint density at radius 2 is 1.81 bits per heavy atom. The van der Waals surface area contributed by atoms with Gasteiger partial charge < -0.3 is 9.32 Å². The molecule has 1 amide bonds. The summed E-state index contributed by atoms with van der Waals surface area (Å²) in [5.74, 6) is 1.03. The Balaban J connectivity index is 1.88. The predicted octanol–water partition coefficient (Wildman–Crippen LogP) is 5.19. The number of carbonyl (C=O) groups excluding carboxylic acids is 1. The maximum atomic E-state index is 12.4. The highest BCUT2D eigenvalue weighted by molar-refractivity contribution is 5.85. The van der Waals surface area contributed by atoms with Gasteiger partial charge in [-0.2, -0.15) is 5.26 Å². The number of aryl methyl sites for hydroxylation is 4. The van der Waals surface area contributed by atoms with E-state index < -0.39 is 0 Å².